The van der Waals surface area contributed by atoms with Crippen molar-refractivity contribution >= 4 is 17.5 Å². The summed E-state index contributed by atoms with van der Waals surface area (Å²) in [6, 6.07) is 13.0. The summed E-state index contributed by atoms with van der Waals surface area (Å²) in [5.74, 6) is 1.45. The second kappa shape index (κ2) is 8.44. The molecule has 2 rings (SSSR count). The molecule has 4 nitrogen and oxygen atoms in total. The molecule has 2 aromatic rings. The van der Waals surface area contributed by atoms with Gasteiger partial charge in [-0.15, -0.1) is 0 Å². The van der Waals surface area contributed by atoms with Gasteiger partial charge < -0.3 is 14.8 Å². The zero-order valence-corrected chi connectivity index (χ0v) is 14.0. The highest BCUT2D eigenvalue weighted by Crippen LogP contribution is 2.24. The van der Waals surface area contributed by atoms with Gasteiger partial charge in [0.2, 0.25) is 5.91 Å². The van der Waals surface area contributed by atoms with Gasteiger partial charge in [0.05, 0.1) is 20.6 Å². The van der Waals surface area contributed by atoms with Crippen LogP contribution >= 0.6 is 11.6 Å². The lowest BCUT2D eigenvalue weighted by Crippen LogP contribution is -2.27. The van der Waals surface area contributed by atoms with Crippen LogP contribution in [0.5, 0.6) is 11.5 Å². The maximum Gasteiger partial charge on any atom is 0.224 e. The largest absolute Gasteiger partial charge is 0.497 e. The minimum absolute atomic E-state index is 0.0504. The molecule has 0 unspecified atom stereocenters. The molecule has 1 amide bonds. The SMILES string of the molecule is COc1ccc(CCNC(=O)Cc2ccccc2Cl)c(OC)c1. The molecule has 0 aliphatic rings. The van der Waals surface area contributed by atoms with Crippen molar-refractivity contribution in [3.05, 3.63) is 58.6 Å². The Morgan fingerprint density at radius 2 is 1.87 bits per heavy atom. The number of methoxy groups -OCH3 is 2. The van der Waals surface area contributed by atoms with Crippen molar-refractivity contribution < 1.29 is 14.3 Å². The molecular formula is C18H20ClNO3. The van der Waals surface area contributed by atoms with Gasteiger partial charge in [-0.05, 0) is 29.7 Å². The van der Waals surface area contributed by atoms with Gasteiger partial charge >= 0.3 is 0 Å². The smallest absolute Gasteiger partial charge is 0.224 e. The number of carbonyl (C=O) groups excluding carboxylic acids is 1. The first-order valence-electron chi connectivity index (χ1n) is 7.35. The van der Waals surface area contributed by atoms with Crippen molar-refractivity contribution in [3.63, 3.8) is 0 Å². The van der Waals surface area contributed by atoms with E-state index in [2.05, 4.69) is 5.32 Å². The summed E-state index contributed by atoms with van der Waals surface area (Å²) in [6.45, 7) is 0.534. The molecule has 0 atom stereocenters. The summed E-state index contributed by atoms with van der Waals surface area (Å²) >= 11 is 6.06. The van der Waals surface area contributed by atoms with Crippen LogP contribution in [-0.4, -0.2) is 26.7 Å². The van der Waals surface area contributed by atoms with E-state index in [1.54, 1.807) is 20.3 Å². The Balaban J connectivity index is 1.87. The van der Waals surface area contributed by atoms with Crippen molar-refractivity contribution in [2.75, 3.05) is 20.8 Å². The Kier molecular flexibility index (Phi) is 6.29. The zero-order chi connectivity index (χ0) is 16.7. The van der Waals surface area contributed by atoms with E-state index in [0.29, 0.717) is 18.0 Å². The molecule has 122 valence electrons. The van der Waals surface area contributed by atoms with Gasteiger partial charge in [0.1, 0.15) is 11.5 Å². The second-order valence-electron chi connectivity index (χ2n) is 5.05. The van der Waals surface area contributed by atoms with Crippen LogP contribution in [0.3, 0.4) is 0 Å². The van der Waals surface area contributed by atoms with E-state index in [9.17, 15) is 4.79 Å². The molecule has 0 heterocycles. The zero-order valence-electron chi connectivity index (χ0n) is 13.3. The highest BCUT2D eigenvalue weighted by atomic mass is 35.5. The number of hydrogen-bond donors (Lipinski definition) is 1. The molecule has 2 aromatic carbocycles. The van der Waals surface area contributed by atoms with E-state index >= 15 is 0 Å². The van der Waals surface area contributed by atoms with Crippen LogP contribution in [0.15, 0.2) is 42.5 Å². The number of amides is 1. The minimum Gasteiger partial charge on any atom is -0.497 e. The molecule has 0 aliphatic heterocycles. The van der Waals surface area contributed by atoms with Crippen molar-refractivity contribution in [1.82, 2.24) is 5.32 Å². The molecule has 0 saturated carbocycles. The van der Waals surface area contributed by atoms with Crippen molar-refractivity contribution in [2.24, 2.45) is 0 Å². The normalized spacial score (nSPS) is 10.2. The lowest BCUT2D eigenvalue weighted by atomic mass is 10.1. The first-order chi connectivity index (χ1) is 11.1. The first-order valence-corrected chi connectivity index (χ1v) is 7.73. The van der Waals surface area contributed by atoms with Crippen molar-refractivity contribution in [3.8, 4) is 11.5 Å². The Hall–Kier alpha value is -2.20. The van der Waals surface area contributed by atoms with Crippen LogP contribution in [-0.2, 0) is 17.6 Å². The average Bonchev–Trinajstić information content (AvgIpc) is 2.57. The third-order valence-corrected chi connectivity index (χ3v) is 3.89. The predicted octanol–water partition coefficient (Wildman–Crippen LogP) is 3.26. The van der Waals surface area contributed by atoms with E-state index in [-0.39, 0.29) is 12.3 Å². The maximum absolute atomic E-state index is 12.0. The van der Waals surface area contributed by atoms with E-state index in [1.807, 2.05) is 36.4 Å². The summed E-state index contributed by atoms with van der Waals surface area (Å²) in [7, 11) is 3.23. The van der Waals surface area contributed by atoms with Crippen molar-refractivity contribution in [1.29, 1.82) is 0 Å². The Labute approximate surface area is 141 Å². The summed E-state index contributed by atoms with van der Waals surface area (Å²) in [4.78, 5) is 12.0. The molecule has 23 heavy (non-hydrogen) atoms. The summed E-state index contributed by atoms with van der Waals surface area (Å²) < 4.78 is 10.5. The lowest BCUT2D eigenvalue weighted by molar-refractivity contribution is -0.120. The maximum atomic E-state index is 12.0. The molecule has 0 radical (unpaired) electrons. The fraction of sp³-hybridized carbons (Fsp3) is 0.278. The second-order valence-corrected chi connectivity index (χ2v) is 5.45. The molecule has 0 aliphatic carbocycles. The van der Waals surface area contributed by atoms with Gasteiger partial charge in [0, 0.05) is 17.6 Å². The van der Waals surface area contributed by atoms with E-state index in [1.165, 1.54) is 0 Å². The lowest BCUT2D eigenvalue weighted by Gasteiger charge is -2.11. The molecular weight excluding hydrogens is 314 g/mol. The monoisotopic (exact) mass is 333 g/mol. The number of rotatable bonds is 7. The summed E-state index contributed by atoms with van der Waals surface area (Å²) in [6.07, 6.45) is 0.959. The number of halogens is 1. The Morgan fingerprint density at radius 3 is 2.57 bits per heavy atom. The van der Waals surface area contributed by atoms with Gasteiger partial charge in [-0.25, -0.2) is 0 Å². The number of carbonyl (C=O) groups is 1. The molecule has 0 bridgehead atoms. The summed E-state index contributed by atoms with van der Waals surface area (Å²) in [5, 5.41) is 3.51. The molecule has 0 fully saturated rings. The fourth-order valence-corrected chi connectivity index (χ4v) is 2.47. The van der Waals surface area contributed by atoms with Crippen LogP contribution in [0, 0.1) is 0 Å². The van der Waals surface area contributed by atoms with Crippen LogP contribution in [0.1, 0.15) is 11.1 Å². The highest BCUT2D eigenvalue weighted by molar-refractivity contribution is 6.31. The Morgan fingerprint density at radius 1 is 1.09 bits per heavy atom. The quantitative estimate of drug-likeness (QED) is 0.846. The van der Waals surface area contributed by atoms with Gasteiger partial charge in [-0.1, -0.05) is 35.9 Å². The standard InChI is InChI=1S/C18H20ClNO3/c1-22-15-8-7-13(17(12-15)23-2)9-10-20-18(21)11-14-5-3-4-6-16(14)19/h3-8,12H,9-11H2,1-2H3,(H,20,21). The molecule has 5 heteroatoms. The number of hydrogen-bond acceptors (Lipinski definition) is 3. The average molecular weight is 334 g/mol. The van der Waals surface area contributed by atoms with Gasteiger partial charge in [-0.2, -0.15) is 0 Å². The number of nitrogens with one attached hydrogen (secondary N) is 1. The van der Waals surface area contributed by atoms with E-state index < -0.39 is 0 Å². The predicted molar refractivity (Wildman–Crippen MR) is 91.4 cm³/mol. The van der Waals surface area contributed by atoms with E-state index in [4.69, 9.17) is 21.1 Å². The van der Waals surface area contributed by atoms with Gasteiger partial charge in [0.25, 0.3) is 0 Å². The first kappa shape index (κ1) is 17.2. The number of ether oxygens (including phenoxy) is 2. The molecule has 0 spiro atoms. The van der Waals surface area contributed by atoms with Crippen LogP contribution in [0.2, 0.25) is 5.02 Å². The van der Waals surface area contributed by atoms with Crippen LogP contribution in [0.4, 0.5) is 0 Å². The van der Waals surface area contributed by atoms with Crippen molar-refractivity contribution in [2.45, 2.75) is 12.8 Å². The topological polar surface area (TPSA) is 47.6 Å². The van der Waals surface area contributed by atoms with Gasteiger partial charge in [-0.3, -0.25) is 4.79 Å². The summed E-state index contributed by atoms with van der Waals surface area (Å²) in [5.41, 5.74) is 1.85. The van der Waals surface area contributed by atoms with Gasteiger partial charge in [0.15, 0.2) is 0 Å². The molecule has 0 aromatic heterocycles. The highest BCUT2D eigenvalue weighted by Gasteiger charge is 2.08. The minimum atomic E-state index is -0.0504. The molecule has 0 saturated heterocycles. The molecule has 1 N–H and O–H groups in total. The third kappa shape index (κ3) is 4.89. The van der Waals surface area contributed by atoms with Crippen LogP contribution < -0.4 is 14.8 Å². The van der Waals surface area contributed by atoms with Crippen LogP contribution in [0.25, 0.3) is 0 Å². The Bertz CT molecular complexity index is 673. The van der Waals surface area contributed by atoms with E-state index in [0.717, 1.165) is 22.6 Å². The fourth-order valence-electron chi connectivity index (χ4n) is 2.27. The third-order valence-electron chi connectivity index (χ3n) is 3.52. The number of benzene rings is 2.